The molecule has 0 aliphatic rings. The lowest BCUT2D eigenvalue weighted by Gasteiger charge is -2.19. The SMILES string of the molecule is CC(C)c1cc2c3cc(C(C)(C)C)ccc3n3c4cc5c6cc(C(C)(C)C)ccc6n6c7ccc(C(C)(C)C)cc7c(c4c(c1)c23)c56. The fourth-order valence-corrected chi connectivity index (χ4v) is 8.40. The Hall–Kier alpha value is -4.30. The summed E-state index contributed by atoms with van der Waals surface area (Å²) >= 11 is 0. The number of aromatic nitrogens is 2. The molecule has 0 spiro atoms. The van der Waals surface area contributed by atoms with E-state index in [1.807, 2.05) is 0 Å². The highest BCUT2D eigenvalue weighted by molar-refractivity contribution is 6.38. The van der Waals surface area contributed by atoms with Gasteiger partial charge in [-0.25, -0.2) is 0 Å². The van der Waals surface area contributed by atoms with Gasteiger partial charge in [0.05, 0.1) is 33.1 Å². The molecule has 0 aliphatic heterocycles. The number of nitrogens with zero attached hydrogens (tertiary/aromatic N) is 2. The van der Waals surface area contributed by atoms with E-state index in [9.17, 15) is 0 Å². The van der Waals surface area contributed by atoms with Crippen LogP contribution >= 0.6 is 0 Å². The van der Waals surface area contributed by atoms with Gasteiger partial charge in [0.25, 0.3) is 0 Å². The number of fused-ring (bicyclic) bond motifs is 13. The molecule has 9 aromatic rings. The van der Waals surface area contributed by atoms with Gasteiger partial charge >= 0.3 is 0 Å². The van der Waals surface area contributed by atoms with Crippen molar-refractivity contribution in [1.82, 2.24) is 8.80 Å². The molecule has 0 saturated carbocycles. The lowest BCUT2D eigenvalue weighted by Crippen LogP contribution is -2.10. The summed E-state index contributed by atoms with van der Waals surface area (Å²) < 4.78 is 5.17. The topological polar surface area (TPSA) is 8.82 Å². The van der Waals surface area contributed by atoms with E-state index in [2.05, 4.69) is 158 Å². The second-order valence-electron chi connectivity index (χ2n) is 17.8. The van der Waals surface area contributed by atoms with Crippen molar-refractivity contribution < 1.29 is 0 Å². The molecule has 0 aliphatic carbocycles. The quantitative estimate of drug-likeness (QED) is 0.174. The Kier molecular flexibility index (Phi) is 5.40. The maximum absolute atomic E-state index is 2.60. The van der Waals surface area contributed by atoms with Gasteiger partial charge in [0.1, 0.15) is 0 Å². The maximum Gasteiger partial charge on any atom is 0.0628 e. The van der Waals surface area contributed by atoms with Crippen LogP contribution in [-0.2, 0) is 16.2 Å². The molecule has 9 rings (SSSR count). The van der Waals surface area contributed by atoms with Crippen LogP contribution in [0.4, 0.5) is 0 Å². The molecule has 4 heterocycles. The molecule has 0 amide bonds. The monoisotopic (exact) mass is 614 g/mol. The van der Waals surface area contributed by atoms with Crippen LogP contribution in [0, 0.1) is 0 Å². The largest absolute Gasteiger partial charge is 0.308 e. The fraction of sp³-hybridized carbons (Fsp3) is 0.333. The summed E-state index contributed by atoms with van der Waals surface area (Å²) in [5, 5.41) is 11.0. The van der Waals surface area contributed by atoms with Crippen LogP contribution in [0.1, 0.15) is 104 Å². The first-order chi connectivity index (χ1) is 22.0. The number of hydrogen-bond acceptors (Lipinski definition) is 0. The first-order valence-corrected chi connectivity index (χ1v) is 17.5. The van der Waals surface area contributed by atoms with E-state index in [1.165, 1.54) is 98.4 Å². The Morgan fingerprint density at radius 3 is 1.32 bits per heavy atom. The van der Waals surface area contributed by atoms with E-state index < -0.39 is 0 Å². The van der Waals surface area contributed by atoms with Gasteiger partial charge in [-0.3, -0.25) is 0 Å². The van der Waals surface area contributed by atoms with Crippen molar-refractivity contribution in [1.29, 1.82) is 0 Å². The molecule has 2 heteroatoms. The predicted octanol–water partition coefficient (Wildman–Crippen LogP) is 13.0. The highest BCUT2D eigenvalue weighted by atomic mass is 14.9. The molecule has 0 fully saturated rings. The summed E-state index contributed by atoms with van der Waals surface area (Å²) in [5.41, 5.74) is 13.7. The molecule has 0 radical (unpaired) electrons. The van der Waals surface area contributed by atoms with Gasteiger partial charge in [-0.05, 0) is 99.0 Å². The van der Waals surface area contributed by atoms with Crippen LogP contribution in [-0.4, -0.2) is 8.80 Å². The summed E-state index contributed by atoms with van der Waals surface area (Å²) in [6, 6.07) is 29.2. The Morgan fingerprint density at radius 2 is 0.830 bits per heavy atom. The molecule has 5 aromatic carbocycles. The zero-order valence-corrected chi connectivity index (χ0v) is 29.9. The van der Waals surface area contributed by atoms with Crippen molar-refractivity contribution in [2.45, 2.75) is 98.3 Å². The molecule has 2 nitrogen and oxygen atoms in total. The number of benzene rings is 5. The van der Waals surface area contributed by atoms with Crippen molar-refractivity contribution in [2.75, 3.05) is 0 Å². The zero-order chi connectivity index (χ0) is 33.1. The third-order valence-electron chi connectivity index (χ3n) is 11.2. The van der Waals surface area contributed by atoms with Crippen LogP contribution in [0.25, 0.3) is 76.2 Å². The van der Waals surface area contributed by atoms with E-state index in [-0.39, 0.29) is 16.2 Å². The maximum atomic E-state index is 2.60. The van der Waals surface area contributed by atoms with Crippen LogP contribution in [0.15, 0.2) is 72.8 Å². The Balaban J connectivity index is 1.59. The average Bonchev–Trinajstić information content (AvgIpc) is 3.70. The molecule has 0 bridgehead atoms. The minimum Gasteiger partial charge on any atom is -0.308 e. The van der Waals surface area contributed by atoms with Crippen molar-refractivity contribution in [3.63, 3.8) is 0 Å². The minimum atomic E-state index is 0.0596. The molecule has 0 N–H and O–H groups in total. The second-order valence-corrected chi connectivity index (χ2v) is 17.8. The number of hydrogen-bond donors (Lipinski definition) is 0. The van der Waals surface area contributed by atoms with E-state index in [0.717, 1.165) is 0 Å². The van der Waals surface area contributed by atoms with Gasteiger partial charge in [-0.15, -0.1) is 0 Å². The van der Waals surface area contributed by atoms with E-state index >= 15 is 0 Å². The summed E-state index contributed by atoms with van der Waals surface area (Å²) in [6.45, 7) is 25.6. The first-order valence-electron chi connectivity index (χ1n) is 17.5. The molecular weight excluding hydrogens is 569 g/mol. The Labute approximate surface area is 277 Å². The number of rotatable bonds is 1. The molecule has 236 valence electrons. The van der Waals surface area contributed by atoms with Crippen LogP contribution in [0.3, 0.4) is 0 Å². The van der Waals surface area contributed by atoms with Crippen molar-refractivity contribution in [3.05, 3.63) is 95.1 Å². The fourth-order valence-electron chi connectivity index (χ4n) is 8.40. The van der Waals surface area contributed by atoms with E-state index in [1.54, 1.807) is 0 Å². The van der Waals surface area contributed by atoms with Crippen molar-refractivity contribution >= 4 is 76.2 Å². The highest BCUT2D eigenvalue weighted by Crippen LogP contribution is 2.50. The highest BCUT2D eigenvalue weighted by Gasteiger charge is 2.28. The molecule has 47 heavy (non-hydrogen) atoms. The molecule has 0 atom stereocenters. The third kappa shape index (κ3) is 3.73. The van der Waals surface area contributed by atoms with Crippen LogP contribution < -0.4 is 0 Å². The standard InChI is InChI=1S/C45H46N2/c1-24(2)25-18-31-29-20-26(43(3,4)5)13-16-36(29)47-38-23-32-30-21-27(44(6,7)8)12-15-35(30)46-37-17-14-28(45(9,10)11)22-33(37)40(42(32)46)39(38)34(19-25)41(31)47/h12-24H,1-11H3. The molecular formula is C45H46N2. The van der Waals surface area contributed by atoms with Crippen molar-refractivity contribution in [2.24, 2.45) is 0 Å². The van der Waals surface area contributed by atoms with Gasteiger partial charge in [0, 0.05) is 43.1 Å². The molecule has 0 unspecified atom stereocenters. The summed E-state index contributed by atoms with van der Waals surface area (Å²) in [5.74, 6) is 0.434. The van der Waals surface area contributed by atoms with Crippen molar-refractivity contribution in [3.8, 4) is 0 Å². The van der Waals surface area contributed by atoms with E-state index in [4.69, 9.17) is 0 Å². The third-order valence-corrected chi connectivity index (χ3v) is 11.2. The Morgan fingerprint density at radius 1 is 0.404 bits per heavy atom. The molecule has 0 saturated heterocycles. The molecule has 4 aromatic heterocycles. The lowest BCUT2D eigenvalue weighted by atomic mass is 9.85. The second kappa shape index (κ2) is 8.78. The summed E-state index contributed by atoms with van der Waals surface area (Å²) in [4.78, 5) is 0. The van der Waals surface area contributed by atoms with Gasteiger partial charge < -0.3 is 8.80 Å². The normalized spacial score (nSPS) is 14.0. The lowest BCUT2D eigenvalue weighted by molar-refractivity contribution is 0.591. The summed E-state index contributed by atoms with van der Waals surface area (Å²) in [6.07, 6.45) is 0. The van der Waals surface area contributed by atoms with Gasteiger partial charge in [-0.1, -0.05) is 94.4 Å². The predicted molar refractivity (Wildman–Crippen MR) is 206 cm³/mol. The van der Waals surface area contributed by atoms with E-state index in [0.29, 0.717) is 5.92 Å². The van der Waals surface area contributed by atoms with Gasteiger partial charge in [0.15, 0.2) is 0 Å². The minimum absolute atomic E-state index is 0.0596. The zero-order valence-electron chi connectivity index (χ0n) is 29.9. The summed E-state index contributed by atoms with van der Waals surface area (Å²) in [7, 11) is 0. The van der Waals surface area contributed by atoms with Crippen LogP contribution in [0.5, 0.6) is 0 Å². The smallest absolute Gasteiger partial charge is 0.0628 e. The first kappa shape index (κ1) is 28.9. The average molecular weight is 615 g/mol. The van der Waals surface area contributed by atoms with Gasteiger partial charge in [-0.2, -0.15) is 0 Å². The van der Waals surface area contributed by atoms with Gasteiger partial charge in [0.2, 0.25) is 0 Å². The Bertz CT molecular complexity index is 2740. The van der Waals surface area contributed by atoms with Crippen LogP contribution in [0.2, 0.25) is 0 Å².